The molecular weight excluding hydrogens is 294 g/mol. The van der Waals surface area contributed by atoms with Gasteiger partial charge in [0.25, 0.3) is 5.91 Å². The average molecular weight is 321 g/mol. The van der Waals surface area contributed by atoms with Gasteiger partial charge >= 0.3 is 0 Å². The lowest BCUT2D eigenvalue weighted by Gasteiger charge is -2.26. The summed E-state index contributed by atoms with van der Waals surface area (Å²) in [5.41, 5.74) is 0.261. The van der Waals surface area contributed by atoms with Crippen LogP contribution in [-0.4, -0.2) is 58.8 Å². The smallest absolute Gasteiger partial charge is 0.276 e. The molecule has 23 heavy (non-hydrogen) atoms. The minimum Gasteiger partial charge on any atom is -0.396 e. The van der Waals surface area contributed by atoms with E-state index in [9.17, 15) is 9.90 Å². The van der Waals surface area contributed by atoms with E-state index >= 15 is 0 Å². The molecule has 1 atom stereocenters. The number of amides is 1. The van der Waals surface area contributed by atoms with Gasteiger partial charge in [-0.3, -0.25) is 9.69 Å². The molecule has 1 aromatic heterocycles. The van der Waals surface area contributed by atoms with E-state index in [-0.39, 0.29) is 17.9 Å². The summed E-state index contributed by atoms with van der Waals surface area (Å²) >= 11 is 0. The maximum Gasteiger partial charge on any atom is 0.276 e. The van der Waals surface area contributed by atoms with E-state index < -0.39 is 0 Å². The summed E-state index contributed by atoms with van der Waals surface area (Å²) in [6.45, 7) is 6.47. The van der Waals surface area contributed by atoms with Crippen LogP contribution in [0, 0.1) is 5.41 Å². The van der Waals surface area contributed by atoms with Crippen molar-refractivity contribution >= 4 is 5.91 Å². The van der Waals surface area contributed by atoms with Crippen LogP contribution < -0.4 is 0 Å². The van der Waals surface area contributed by atoms with Crippen molar-refractivity contribution in [3.8, 4) is 0 Å². The van der Waals surface area contributed by atoms with Crippen molar-refractivity contribution in [3.63, 3.8) is 0 Å². The van der Waals surface area contributed by atoms with E-state index in [0.29, 0.717) is 18.8 Å². The van der Waals surface area contributed by atoms with Crippen LogP contribution in [0.1, 0.15) is 55.3 Å². The SMILES string of the molecule is CCCC1(CO)CCN(C(=O)c2cc(CN3CCCC3)on2)C1. The summed E-state index contributed by atoms with van der Waals surface area (Å²) < 4.78 is 5.34. The highest BCUT2D eigenvalue weighted by atomic mass is 16.5. The first-order valence-electron chi connectivity index (χ1n) is 8.74. The Bertz CT molecular complexity index is 539. The van der Waals surface area contributed by atoms with Crippen LogP contribution >= 0.6 is 0 Å². The molecule has 0 bridgehead atoms. The highest BCUT2D eigenvalue weighted by Crippen LogP contribution is 2.35. The van der Waals surface area contributed by atoms with Crippen LogP contribution in [0.5, 0.6) is 0 Å². The summed E-state index contributed by atoms with van der Waals surface area (Å²) in [4.78, 5) is 16.7. The Kier molecular flexibility index (Phi) is 5.02. The van der Waals surface area contributed by atoms with E-state index in [2.05, 4.69) is 17.0 Å². The number of rotatable bonds is 6. The molecule has 0 aliphatic carbocycles. The highest BCUT2D eigenvalue weighted by molar-refractivity contribution is 5.92. The van der Waals surface area contributed by atoms with Crippen LogP contribution in [0.3, 0.4) is 0 Å². The average Bonchev–Trinajstić information content (AvgIpc) is 3.28. The maximum absolute atomic E-state index is 12.6. The third-order valence-corrected chi connectivity index (χ3v) is 5.20. The number of hydrogen-bond donors (Lipinski definition) is 1. The van der Waals surface area contributed by atoms with Crippen LogP contribution in [-0.2, 0) is 6.54 Å². The number of aromatic nitrogens is 1. The first-order chi connectivity index (χ1) is 11.2. The van der Waals surface area contributed by atoms with Crippen molar-refractivity contribution in [1.29, 1.82) is 0 Å². The molecule has 6 nitrogen and oxygen atoms in total. The summed E-state index contributed by atoms with van der Waals surface area (Å²) in [6, 6.07) is 1.78. The van der Waals surface area contributed by atoms with Crippen LogP contribution in [0.25, 0.3) is 0 Å². The second kappa shape index (κ2) is 7.01. The number of hydrogen-bond acceptors (Lipinski definition) is 5. The monoisotopic (exact) mass is 321 g/mol. The van der Waals surface area contributed by atoms with Crippen molar-refractivity contribution < 1.29 is 14.4 Å². The molecule has 0 aromatic carbocycles. The first kappa shape index (κ1) is 16.5. The number of carbonyl (C=O) groups is 1. The second-order valence-corrected chi connectivity index (χ2v) is 7.05. The molecule has 0 spiro atoms. The Morgan fingerprint density at radius 1 is 1.39 bits per heavy atom. The van der Waals surface area contributed by atoms with Crippen LogP contribution in [0.15, 0.2) is 10.6 Å². The van der Waals surface area contributed by atoms with Gasteiger partial charge in [0, 0.05) is 24.6 Å². The van der Waals surface area contributed by atoms with Gasteiger partial charge in [0.2, 0.25) is 0 Å². The van der Waals surface area contributed by atoms with Crippen molar-refractivity contribution in [2.75, 3.05) is 32.8 Å². The van der Waals surface area contributed by atoms with Crippen molar-refractivity contribution in [1.82, 2.24) is 15.0 Å². The molecule has 2 aliphatic rings. The molecule has 2 saturated heterocycles. The van der Waals surface area contributed by atoms with Gasteiger partial charge in [-0.1, -0.05) is 18.5 Å². The Morgan fingerprint density at radius 2 is 2.17 bits per heavy atom. The fraction of sp³-hybridized carbons (Fsp3) is 0.765. The molecule has 0 radical (unpaired) electrons. The lowest BCUT2D eigenvalue weighted by atomic mass is 9.83. The molecular formula is C17H27N3O3. The highest BCUT2D eigenvalue weighted by Gasteiger charge is 2.39. The minimum atomic E-state index is -0.132. The molecule has 3 heterocycles. The molecule has 3 rings (SSSR count). The molecule has 1 unspecified atom stereocenters. The number of aliphatic hydroxyl groups excluding tert-OH is 1. The second-order valence-electron chi connectivity index (χ2n) is 7.05. The van der Waals surface area contributed by atoms with Gasteiger partial charge in [-0.15, -0.1) is 0 Å². The van der Waals surface area contributed by atoms with E-state index in [1.54, 1.807) is 6.07 Å². The fourth-order valence-electron chi connectivity index (χ4n) is 3.86. The minimum absolute atomic E-state index is 0.0761. The molecule has 1 aromatic rings. The van der Waals surface area contributed by atoms with Crippen molar-refractivity contribution in [2.24, 2.45) is 5.41 Å². The molecule has 128 valence electrons. The quantitative estimate of drug-likeness (QED) is 0.866. The Labute approximate surface area is 137 Å². The summed E-state index contributed by atoms with van der Waals surface area (Å²) in [5, 5.41) is 13.7. The van der Waals surface area contributed by atoms with Crippen LogP contribution in [0.4, 0.5) is 0 Å². The number of nitrogens with zero attached hydrogens (tertiary/aromatic N) is 3. The largest absolute Gasteiger partial charge is 0.396 e. The molecule has 6 heteroatoms. The Hall–Kier alpha value is -1.40. The van der Waals surface area contributed by atoms with Crippen LogP contribution in [0.2, 0.25) is 0 Å². The lowest BCUT2D eigenvalue weighted by molar-refractivity contribution is 0.0719. The summed E-state index contributed by atoms with van der Waals surface area (Å²) in [6.07, 6.45) is 5.29. The van der Waals surface area contributed by atoms with Gasteiger partial charge < -0.3 is 14.5 Å². The van der Waals surface area contributed by atoms with Crippen molar-refractivity contribution in [3.05, 3.63) is 17.5 Å². The van der Waals surface area contributed by atoms with Gasteiger partial charge in [-0.25, -0.2) is 0 Å². The van der Waals surface area contributed by atoms with E-state index in [1.807, 2.05) is 4.90 Å². The normalized spacial score (nSPS) is 25.4. The Morgan fingerprint density at radius 3 is 2.87 bits per heavy atom. The van der Waals surface area contributed by atoms with Gasteiger partial charge in [0.05, 0.1) is 13.2 Å². The maximum atomic E-state index is 12.6. The van der Waals surface area contributed by atoms with E-state index in [0.717, 1.165) is 44.7 Å². The zero-order chi connectivity index (χ0) is 16.3. The summed E-state index contributed by atoms with van der Waals surface area (Å²) in [5.74, 6) is 0.685. The molecule has 1 amide bonds. The van der Waals surface area contributed by atoms with Crippen molar-refractivity contribution in [2.45, 2.75) is 45.6 Å². The molecule has 0 saturated carbocycles. The predicted octanol–water partition coefficient (Wildman–Crippen LogP) is 1.90. The number of likely N-dealkylation sites (tertiary alicyclic amines) is 2. The zero-order valence-electron chi connectivity index (χ0n) is 14.0. The van der Waals surface area contributed by atoms with Gasteiger partial charge in [-0.2, -0.15) is 0 Å². The Balaban J connectivity index is 1.61. The third kappa shape index (κ3) is 3.58. The van der Waals surface area contributed by atoms with E-state index in [4.69, 9.17) is 4.52 Å². The fourth-order valence-corrected chi connectivity index (χ4v) is 3.86. The number of aliphatic hydroxyl groups is 1. The molecule has 2 fully saturated rings. The lowest BCUT2D eigenvalue weighted by Crippen LogP contribution is -2.34. The third-order valence-electron chi connectivity index (χ3n) is 5.20. The van der Waals surface area contributed by atoms with Gasteiger partial charge in [-0.05, 0) is 38.8 Å². The standard InChI is InChI=1S/C17H27N3O3/c1-2-5-17(13-21)6-9-20(12-17)16(22)15-10-14(23-18-15)11-19-7-3-4-8-19/h10,21H,2-9,11-13H2,1H3. The van der Waals surface area contributed by atoms with E-state index in [1.165, 1.54) is 12.8 Å². The van der Waals surface area contributed by atoms with Gasteiger partial charge in [0.15, 0.2) is 11.5 Å². The molecule has 2 aliphatic heterocycles. The summed E-state index contributed by atoms with van der Waals surface area (Å²) in [7, 11) is 0. The first-order valence-corrected chi connectivity index (χ1v) is 8.74. The van der Waals surface area contributed by atoms with Gasteiger partial charge in [0.1, 0.15) is 0 Å². The predicted molar refractivity (Wildman–Crippen MR) is 86.0 cm³/mol. The zero-order valence-corrected chi connectivity index (χ0v) is 14.0. The number of carbonyl (C=O) groups excluding carboxylic acids is 1. The topological polar surface area (TPSA) is 69.8 Å². The molecule has 1 N–H and O–H groups in total.